The molecule has 1 aromatic heterocycles. The van der Waals surface area contributed by atoms with E-state index in [-0.39, 0.29) is 11.3 Å². The summed E-state index contributed by atoms with van der Waals surface area (Å²) in [6.45, 7) is 1.82. The van der Waals surface area contributed by atoms with Gasteiger partial charge in [0.2, 0.25) is 0 Å². The molecule has 0 saturated carbocycles. The van der Waals surface area contributed by atoms with Crippen LogP contribution in [-0.2, 0) is 0 Å². The van der Waals surface area contributed by atoms with E-state index in [1.54, 1.807) is 30.3 Å². The van der Waals surface area contributed by atoms with Crippen molar-refractivity contribution >= 4 is 23.2 Å². The van der Waals surface area contributed by atoms with E-state index in [2.05, 4.69) is 10.6 Å². The van der Waals surface area contributed by atoms with Crippen molar-refractivity contribution in [2.45, 2.75) is 6.92 Å². The summed E-state index contributed by atoms with van der Waals surface area (Å²) < 4.78 is 18.3. The molecule has 2 N–H and O–H groups in total. The largest absolute Gasteiger partial charge is 0.459 e. The van der Waals surface area contributed by atoms with E-state index in [9.17, 15) is 14.0 Å². The van der Waals surface area contributed by atoms with Crippen LogP contribution < -0.4 is 10.6 Å². The Labute approximate surface area is 143 Å². The topological polar surface area (TPSA) is 71.3 Å². The smallest absolute Gasteiger partial charge is 0.291 e. The Morgan fingerprint density at radius 2 is 1.80 bits per heavy atom. The van der Waals surface area contributed by atoms with Crippen LogP contribution in [0, 0.1) is 12.7 Å². The molecule has 0 bridgehead atoms. The van der Waals surface area contributed by atoms with Crippen LogP contribution in [0.3, 0.4) is 0 Å². The highest BCUT2D eigenvalue weighted by Crippen LogP contribution is 2.22. The van der Waals surface area contributed by atoms with Crippen LogP contribution >= 0.6 is 0 Å². The van der Waals surface area contributed by atoms with E-state index < -0.39 is 17.6 Å². The summed E-state index contributed by atoms with van der Waals surface area (Å²) in [5, 5.41) is 5.41. The van der Waals surface area contributed by atoms with Gasteiger partial charge in [0.1, 0.15) is 5.82 Å². The number of aryl methyl sites for hydroxylation is 1. The van der Waals surface area contributed by atoms with Gasteiger partial charge in [0.05, 0.1) is 6.26 Å². The highest BCUT2D eigenvalue weighted by Gasteiger charge is 2.12. The first-order chi connectivity index (χ1) is 12.0. The molecule has 0 aliphatic heterocycles. The first-order valence-electron chi connectivity index (χ1n) is 7.55. The maximum Gasteiger partial charge on any atom is 0.291 e. The molecule has 0 radical (unpaired) electrons. The van der Waals surface area contributed by atoms with E-state index in [4.69, 9.17) is 4.42 Å². The Morgan fingerprint density at radius 3 is 2.52 bits per heavy atom. The fraction of sp³-hybridized carbons (Fsp3) is 0.0526. The van der Waals surface area contributed by atoms with Crippen LogP contribution in [0.1, 0.15) is 26.5 Å². The minimum atomic E-state index is -0.483. The van der Waals surface area contributed by atoms with Gasteiger partial charge in [0.25, 0.3) is 11.8 Å². The van der Waals surface area contributed by atoms with E-state index in [1.807, 2.05) is 6.92 Å². The predicted octanol–water partition coefficient (Wildman–Crippen LogP) is 4.23. The standard InChI is InChI=1S/C19H15FN2O3/c1-12-7-8-15(21-19(24)17-6-3-9-25-17)11-16(12)22-18(23)13-4-2-5-14(20)10-13/h2-11H,1H3,(H,21,24)(H,22,23). The summed E-state index contributed by atoms with van der Waals surface area (Å²) in [6.07, 6.45) is 1.41. The number of carbonyl (C=O) groups excluding carboxylic acids is 2. The molecule has 3 rings (SSSR count). The zero-order chi connectivity index (χ0) is 17.8. The number of furan rings is 1. The number of halogens is 1. The van der Waals surface area contributed by atoms with Crippen molar-refractivity contribution in [1.29, 1.82) is 0 Å². The number of benzene rings is 2. The van der Waals surface area contributed by atoms with Crippen molar-refractivity contribution in [2.75, 3.05) is 10.6 Å². The zero-order valence-electron chi connectivity index (χ0n) is 13.4. The van der Waals surface area contributed by atoms with Crippen molar-refractivity contribution in [2.24, 2.45) is 0 Å². The van der Waals surface area contributed by atoms with Crippen LogP contribution in [0.25, 0.3) is 0 Å². The van der Waals surface area contributed by atoms with Gasteiger partial charge >= 0.3 is 0 Å². The second-order valence-corrected chi connectivity index (χ2v) is 5.43. The Kier molecular flexibility index (Phi) is 4.61. The maximum absolute atomic E-state index is 13.3. The summed E-state index contributed by atoms with van der Waals surface area (Å²) in [4.78, 5) is 24.3. The van der Waals surface area contributed by atoms with E-state index in [0.29, 0.717) is 11.4 Å². The molecule has 0 saturated heterocycles. The SMILES string of the molecule is Cc1ccc(NC(=O)c2ccco2)cc1NC(=O)c1cccc(F)c1. The second kappa shape index (κ2) is 7.00. The summed E-state index contributed by atoms with van der Waals surface area (Å²) in [7, 11) is 0. The lowest BCUT2D eigenvalue weighted by Crippen LogP contribution is -2.14. The third kappa shape index (κ3) is 3.92. The third-order valence-corrected chi connectivity index (χ3v) is 3.58. The maximum atomic E-state index is 13.3. The normalized spacial score (nSPS) is 10.3. The molecule has 2 amide bonds. The number of amides is 2. The lowest BCUT2D eigenvalue weighted by molar-refractivity contribution is 0.0995. The quantitative estimate of drug-likeness (QED) is 0.748. The fourth-order valence-corrected chi connectivity index (χ4v) is 2.26. The molecule has 1 heterocycles. The van der Waals surface area contributed by atoms with Gasteiger partial charge < -0.3 is 15.1 Å². The third-order valence-electron chi connectivity index (χ3n) is 3.58. The van der Waals surface area contributed by atoms with Crippen LogP contribution in [0.4, 0.5) is 15.8 Å². The number of carbonyl (C=O) groups is 2. The Morgan fingerprint density at radius 1 is 0.960 bits per heavy atom. The number of anilines is 2. The Balaban J connectivity index is 1.77. The van der Waals surface area contributed by atoms with Crippen molar-refractivity contribution in [3.63, 3.8) is 0 Å². The van der Waals surface area contributed by atoms with Gasteiger partial charge in [-0.1, -0.05) is 12.1 Å². The number of nitrogens with one attached hydrogen (secondary N) is 2. The molecule has 0 spiro atoms. The zero-order valence-corrected chi connectivity index (χ0v) is 13.4. The molecule has 0 aliphatic carbocycles. The minimum absolute atomic E-state index is 0.186. The average Bonchev–Trinajstić information content (AvgIpc) is 3.12. The lowest BCUT2D eigenvalue weighted by atomic mass is 10.1. The minimum Gasteiger partial charge on any atom is -0.459 e. The van der Waals surface area contributed by atoms with Crippen LogP contribution in [-0.4, -0.2) is 11.8 Å². The monoisotopic (exact) mass is 338 g/mol. The number of hydrogen-bond donors (Lipinski definition) is 2. The number of rotatable bonds is 4. The molecule has 0 unspecified atom stereocenters. The fourth-order valence-electron chi connectivity index (χ4n) is 2.26. The summed E-state index contributed by atoms with van der Waals surface area (Å²) in [5.41, 5.74) is 2.04. The first-order valence-corrected chi connectivity index (χ1v) is 7.55. The van der Waals surface area contributed by atoms with Crippen molar-refractivity contribution < 1.29 is 18.4 Å². The van der Waals surface area contributed by atoms with E-state index in [1.165, 1.54) is 24.5 Å². The summed E-state index contributed by atoms with van der Waals surface area (Å²) in [5.74, 6) is -1.12. The van der Waals surface area contributed by atoms with Crippen LogP contribution in [0.5, 0.6) is 0 Å². The van der Waals surface area contributed by atoms with Crippen LogP contribution in [0.15, 0.2) is 65.3 Å². The lowest BCUT2D eigenvalue weighted by Gasteiger charge is -2.11. The van der Waals surface area contributed by atoms with Crippen molar-refractivity contribution in [3.8, 4) is 0 Å². The molecular weight excluding hydrogens is 323 g/mol. The van der Waals surface area contributed by atoms with Gasteiger partial charge in [-0.15, -0.1) is 0 Å². The van der Waals surface area contributed by atoms with Gasteiger partial charge in [0, 0.05) is 16.9 Å². The highest BCUT2D eigenvalue weighted by atomic mass is 19.1. The molecule has 0 fully saturated rings. The first kappa shape index (κ1) is 16.4. The van der Waals surface area contributed by atoms with Crippen molar-refractivity contribution in [3.05, 3.63) is 83.6 Å². The van der Waals surface area contributed by atoms with E-state index >= 15 is 0 Å². The molecule has 126 valence electrons. The number of hydrogen-bond acceptors (Lipinski definition) is 3. The molecular formula is C19H15FN2O3. The molecule has 3 aromatic rings. The van der Waals surface area contributed by atoms with Crippen molar-refractivity contribution in [1.82, 2.24) is 0 Å². The summed E-state index contributed by atoms with van der Waals surface area (Å²) >= 11 is 0. The van der Waals surface area contributed by atoms with E-state index in [0.717, 1.165) is 11.6 Å². The van der Waals surface area contributed by atoms with Crippen LogP contribution in [0.2, 0.25) is 0 Å². The van der Waals surface area contributed by atoms with Gasteiger partial charge in [-0.25, -0.2) is 4.39 Å². The molecule has 5 nitrogen and oxygen atoms in total. The molecule has 25 heavy (non-hydrogen) atoms. The average molecular weight is 338 g/mol. The summed E-state index contributed by atoms with van der Waals surface area (Å²) in [6, 6.07) is 13.7. The van der Waals surface area contributed by atoms with Gasteiger partial charge in [-0.2, -0.15) is 0 Å². The Hall–Kier alpha value is -3.41. The Bertz CT molecular complexity index is 920. The molecule has 0 atom stereocenters. The second-order valence-electron chi connectivity index (χ2n) is 5.43. The molecule has 2 aromatic carbocycles. The molecule has 0 aliphatic rings. The van der Waals surface area contributed by atoms with Gasteiger partial charge in [-0.05, 0) is 55.0 Å². The highest BCUT2D eigenvalue weighted by molar-refractivity contribution is 6.06. The van der Waals surface area contributed by atoms with Gasteiger partial charge in [-0.3, -0.25) is 9.59 Å². The van der Waals surface area contributed by atoms with Gasteiger partial charge in [0.15, 0.2) is 5.76 Å². The predicted molar refractivity (Wildman–Crippen MR) is 92.2 cm³/mol. The molecule has 6 heteroatoms.